The first-order valence-electron chi connectivity index (χ1n) is 12.2. The fourth-order valence-corrected chi connectivity index (χ4v) is 5.16. The van der Waals surface area contributed by atoms with Gasteiger partial charge in [-0.15, -0.1) is 11.8 Å². The SMILES string of the molecule is CC[C@@H](C)NC(=O)[C@H](Cc1ccccc1)N(Cc1c(Cl)cccc1Cl)C(=O)CSCc1ccc(F)cc1. The smallest absolute Gasteiger partial charge is 0.243 e. The van der Waals surface area contributed by atoms with E-state index in [0.29, 0.717) is 27.8 Å². The van der Waals surface area contributed by atoms with E-state index in [9.17, 15) is 14.0 Å². The van der Waals surface area contributed by atoms with Gasteiger partial charge in [-0.05, 0) is 48.7 Å². The number of carbonyl (C=O) groups excluding carboxylic acids is 2. The van der Waals surface area contributed by atoms with Gasteiger partial charge < -0.3 is 10.2 Å². The normalized spacial score (nSPS) is 12.6. The Labute approximate surface area is 232 Å². The van der Waals surface area contributed by atoms with Gasteiger partial charge in [0, 0.05) is 40.4 Å². The summed E-state index contributed by atoms with van der Waals surface area (Å²) in [6.45, 7) is 4.03. The molecular formula is C29H31Cl2FN2O2S. The van der Waals surface area contributed by atoms with Gasteiger partial charge in [0.05, 0.1) is 5.75 Å². The van der Waals surface area contributed by atoms with Crippen LogP contribution < -0.4 is 5.32 Å². The van der Waals surface area contributed by atoms with Gasteiger partial charge in [-0.2, -0.15) is 0 Å². The Hall–Kier alpha value is -2.54. The van der Waals surface area contributed by atoms with Crippen LogP contribution in [0.4, 0.5) is 4.39 Å². The Morgan fingerprint density at radius 3 is 2.22 bits per heavy atom. The second-order valence-corrected chi connectivity index (χ2v) is 10.7. The molecule has 196 valence electrons. The zero-order chi connectivity index (χ0) is 26.8. The maximum Gasteiger partial charge on any atom is 0.243 e. The van der Waals surface area contributed by atoms with E-state index in [0.717, 1.165) is 17.5 Å². The quantitative estimate of drug-likeness (QED) is 0.261. The standard InChI is InChI=1S/C29H31Cl2FN2O2S/c1-3-20(2)33-29(36)27(16-21-8-5-4-6-9-21)34(17-24-25(30)10-7-11-26(24)31)28(35)19-37-18-22-12-14-23(32)15-13-22/h4-15,20,27H,3,16-19H2,1-2H3,(H,33,36)/t20-,27+/m1/s1. The number of amides is 2. The van der Waals surface area contributed by atoms with E-state index in [-0.39, 0.29) is 36.0 Å². The summed E-state index contributed by atoms with van der Waals surface area (Å²) in [5.41, 5.74) is 2.45. The molecule has 0 heterocycles. The van der Waals surface area contributed by atoms with Gasteiger partial charge in [0.25, 0.3) is 0 Å². The van der Waals surface area contributed by atoms with Crippen molar-refractivity contribution in [2.24, 2.45) is 0 Å². The van der Waals surface area contributed by atoms with Crippen molar-refractivity contribution >= 4 is 46.8 Å². The van der Waals surface area contributed by atoms with E-state index in [1.807, 2.05) is 44.2 Å². The average Bonchev–Trinajstić information content (AvgIpc) is 2.89. The molecule has 0 aliphatic rings. The van der Waals surface area contributed by atoms with Crippen LogP contribution in [0.1, 0.15) is 37.0 Å². The van der Waals surface area contributed by atoms with Crippen LogP contribution >= 0.6 is 35.0 Å². The van der Waals surface area contributed by atoms with E-state index in [2.05, 4.69) is 5.32 Å². The van der Waals surface area contributed by atoms with E-state index >= 15 is 0 Å². The lowest BCUT2D eigenvalue weighted by Crippen LogP contribution is -2.52. The highest BCUT2D eigenvalue weighted by Gasteiger charge is 2.31. The topological polar surface area (TPSA) is 49.4 Å². The first-order chi connectivity index (χ1) is 17.8. The second-order valence-electron chi connectivity index (χ2n) is 8.86. The van der Waals surface area contributed by atoms with Crippen LogP contribution in [-0.2, 0) is 28.3 Å². The van der Waals surface area contributed by atoms with Crippen molar-refractivity contribution < 1.29 is 14.0 Å². The van der Waals surface area contributed by atoms with Crippen molar-refractivity contribution in [3.8, 4) is 0 Å². The summed E-state index contributed by atoms with van der Waals surface area (Å²) in [6.07, 6.45) is 1.11. The third-order valence-corrected chi connectivity index (χ3v) is 7.77. The van der Waals surface area contributed by atoms with Crippen molar-refractivity contribution in [2.45, 2.75) is 51.1 Å². The molecule has 0 aromatic heterocycles. The van der Waals surface area contributed by atoms with E-state index in [1.54, 1.807) is 35.2 Å². The Kier molecular flexibility index (Phi) is 11.3. The molecule has 0 radical (unpaired) electrons. The van der Waals surface area contributed by atoms with Gasteiger partial charge in [-0.1, -0.05) is 78.7 Å². The predicted octanol–water partition coefficient (Wildman–Crippen LogP) is 6.92. The molecule has 4 nitrogen and oxygen atoms in total. The lowest BCUT2D eigenvalue weighted by atomic mass is 10.0. The highest BCUT2D eigenvalue weighted by molar-refractivity contribution is 7.99. The minimum absolute atomic E-state index is 0.0422. The van der Waals surface area contributed by atoms with Gasteiger partial charge in [0.15, 0.2) is 0 Å². The molecule has 0 saturated carbocycles. The number of halogens is 3. The molecule has 0 spiro atoms. The zero-order valence-corrected chi connectivity index (χ0v) is 23.3. The monoisotopic (exact) mass is 560 g/mol. The molecule has 0 saturated heterocycles. The number of thioether (sulfide) groups is 1. The van der Waals surface area contributed by atoms with Gasteiger partial charge in [0.2, 0.25) is 11.8 Å². The van der Waals surface area contributed by atoms with E-state index in [4.69, 9.17) is 23.2 Å². The number of benzene rings is 3. The molecule has 0 unspecified atom stereocenters. The lowest BCUT2D eigenvalue weighted by molar-refractivity contribution is -0.139. The molecule has 3 rings (SSSR count). The summed E-state index contributed by atoms with van der Waals surface area (Å²) in [7, 11) is 0. The van der Waals surface area contributed by atoms with Gasteiger partial charge >= 0.3 is 0 Å². The molecule has 1 N–H and O–H groups in total. The molecule has 0 fully saturated rings. The molecule has 8 heteroatoms. The Morgan fingerprint density at radius 2 is 1.59 bits per heavy atom. The maximum atomic E-state index is 13.7. The predicted molar refractivity (Wildman–Crippen MR) is 151 cm³/mol. The maximum absolute atomic E-state index is 13.7. The fraction of sp³-hybridized carbons (Fsp3) is 0.310. The minimum Gasteiger partial charge on any atom is -0.352 e. The number of nitrogens with zero attached hydrogens (tertiary/aromatic N) is 1. The van der Waals surface area contributed by atoms with Gasteiger partial charge in [0.1, 0.15) is 11.9 Å². The molecule has 37 heavy (non-hydrogen) atoms. The van der Waals surface area contributed by atoms with E-state index < -0.39 is 6.04 Å². The number of hydrogen-bond acceptors (Lipinski definition) is 3. The van der Waals surface area contributed by atoms with Crippen molar-refractivity contribution in [1.29, 1.82) is 0 Å². The minimum atomic E-state index is -0.761. The first kappa shape index (κ1) is 29.0. The van der Waals surface area contributed by atoms with Gasteiger partial charge in [-0.25, -0.2) is 4.39 Å². The molecular weight excluding hydrogens is 530 g/mol. The Morgan fingerprint density at radius 1 is 0.946 bits per heavy atom. The van der Waals surface area contributed by atoms with Crippen molar-refractivity contribution in [3.05, 3.63) is 105 Å². The van der Waals surface area contributed by atoms with Gasteiger partial charge in [-0.3, -0.25) is 9.59 Å². The summed E-state index contributed by atoms with van der Waals surface area (Å²) >= 11 is 14.3. The van der Waals surface area contributed by atoms with Crippen LogP contribution in [0.5, 0.6) is 0 Å². The zero-order valence-electron chi connectivity index (χ0n) is 20.9. The summed E-state index contributed by atoms with van der Waals surface area (Å²) < 4.78 is 13.2. The van der Waals surface area contributed by atoms with Crippen LogP contribution in [0.15, 0.2) is 72.8 Å². The third kappa shape index (κ3) is 8.77. The molecule has 2 atom stereocenters. The highest BCUT2D eigenvalue weighted by atomic mass is 35.5. The molecule has 3 aromatic rings. The van der Waals surface area contributed by atoms with Crippen molar-refractivity contribution in [1.82, 2.24) is 10.2 Å². The van der Waals surface area contributed by atoms with Crippen LogP contribution in [0.3, 0.4) is 0 Å². The third-order valence-electron chi connectivity index (χ3n) is 6.07. The first-order valence-corrected chi connectivity index (χ1v) is 14.1. The molecule has 0 bridgehead atoms. The largest absolute Gasteiger partial charge is 0.352 e. The Balaban J connectivity index is 1.90. The second kappa shape index (κ2) is 14.4. The molecule has 2 amide bonds. The lowest BCUT2D eigenvalue weighted by Gasteiger charge is -2.32. The summed E-state index contributed by atoms with van der Waals surface area (Å²) in [4.78, 5) is 28.8. The fourth-order valence-electron chi connectivity index (χ4n) is 3.77. The van der Waals surface area contributed by atoms with Crippen LogP contribution in [0.25, 0.3) is 0 Å². The van der Waals surface area contributed by atoms with E-state index in [1.165, 1.54) is 23.9 Å². The van der Waals surface area contributed by atoms with Crippen LogP contribution in [0, 0.1) is 5.82 Å². The molecule has 0 aliphatic heterocycles. The number of nitrogens with one attached hydrogen (secondary N) is 1. The number of hydrogen-bond donors (Lipinski definition) is 1. The summed E-state index contributed by atoms with van der Waals surface area (Å²) in [5.74, 6) is -0.0542. The number of carbonyl (C=O) groups is 2. The van der Waals surface area contributed by atoms with Crippen LogP contribution in [-0.4, -0.2) is 34.6 Å². The summed E-state index contributed by atoms with van der Waals surface area (Å²) in [5, 5.41) is 3.92. The summed E-state index contributed by atoms with van der Waals surface area (Å²) in [6, 6.07) is 20.2. The van der Waals surface area contributed by atoms with Crippen molar-refractivity contribution in [3.63, 3.8) is 0 Å². The molecule has 0 aliphatic carbocycles. The average molecular weight is 562 g/mol. The molecule has 3 aromatic carbocycles. The Bertz CT molecular complexity index is 1160. The van der Waals surface area contributed by atoms with Crippen molar-refractivity contribution in [2.75, 3.05) is 5.75 Å². The van der Waals surface area contributed by atoms with Crippen LogP contribution in [0.2, 0.25) is 10.0 Å². The number of rotatable bonds is 12. The highest BCUT2D eigenvalue weighted by Crippen LogP contribution is 2.28.